The molecular formula is C12H10F3N. The van der Waals surface area contributed by atoms with Crippen molar-refractivity contribution in [2.45, 2.75) is 25.4 Å². The summed E-state index contributed by atoms with van der Waals surface area (Å²) in [6.07, 6.45) is -0.542. The van der Waals surface area contributed by atoms with Crippen LogP contribution in [0.15, 0.2) is 18.2 Å². The van der Waals surface area contributed by atoms with Gasteiger partial charge in [-0.2, -0.15) is 5.26 Å². The van der Waals surface area contributed by atoms with E-state index in [-0.39, 0.29) is 24.8 Å². The lowest BCUT2D eigenvalue weighted by Gasteiger charge is -2.38. The van der Waals surface area contributed by atoms with E-state index < -0.39 is 23.2 Å². The SMILES string of the molecule is N#CC1(Cc2ccc(F)cc2F)CC(F)C1. The summed E-state index contributed by atoms with van der Waals surface area (Å²) in [5.41, 5.74) is -0.534. The molecule has 4 heteroatoms. The first-order valence-electron chi connectivity index (χ1n) is 5.04. The van der Waals surface area contributed by atoms with Gasteiger partial charge in [-0.15, -0.1) is 0 Å². The molecule has 0 atom stereocenters. The molecule has 1 saturated carbocycles. The van der Waals surface area contributed by atoms with E-state index in [1.807, 2.05) is 6.07 Å². The molecule has 0 N–H and O–H groups in total. The molecule has 84 valence electrons. The van der Waals surface area contributed by atoms with E-state index in [4.69, 9.17) is 5.26 Å². The van der Waals surface area contributed by atoms with E-state index in [0.717, 1.165) is 12.1 Å². The van der Waals surface area contributed by atoms with Gasteiger partial charge in [0.25, 0.3) is 0 Å². The molecule has 1 aromatic carbocycles. The molecule has 0 aromatic heterocycles. The predicted octanol–water partition coefficient (Wildman–Crippen LogP) is 3.15. The monoisotopic (exact) mass is 225 g/mol. The van der Waals surface area contributed by atoms with Gasteiger partial charge in [-0.1, -0.05) is 6.07 Å². The molecule has 1 aliphatic rings. The number of benzene rings is 1. The maximum atomic E-state index is 13.3. The average Bonchev–Trinajstić information content (AvgIpc) is 2.19. The number of rotatable bonds is 2. The van der Waals surface area contributed by atoms with E-state index in [9.17, 15) is 13.2 Å². The van der Waals surface area contributed by atoms with Crippen molar-refractivity contribution in [3.05, 3.63) is 35.4 Å². The van der Waals surface area contributed by atoms with Gasteiger partial charge in [0.05, 0.1) is 11.5 Å². The Labute approximate surface area is 91.5 Å². The summed E-state index contributed by atoms with van der Waals surface area (Å²) in [4.78, 5) is 0. The van der Waals surface area contributed by atoms with Crippen LogP contribution in [0.25, 0.3) is 0 Å². The second kappa shape index (κ2) is 3.82. The molecule has 1 nitrogen and oxygen atoms in total. The van der Waals surface area contributed by atoms with E-state index in [1.165, 1.54) is 6.07 Å². The molecule has 0 saturated heterocycles. The topological polar surface area (TPSA) is 23.8 Å². The highest BCUT2D eigenvalue weighted by Crippen LogP contribution is 2.45. The van der Waals surface area contributed by atoms with Crippen molar-refractivity contribution in [3.63, 3.8) is 0 Å². The highest BCUT2D eigenvalue weighted by Gasteiger charge is 2.45. The number of nitrogens with zero attached hydrogens (tertiary/aromatic N) is 1. The summed E-state index contributed by atoms with van der Waals surface area (Å²) in [7, 11) is 0. The van der Waals surface area contributed by atoms with Crippen molar-refractivity contribution in [2.75, 3.05) is 0 Å². The zero-order valence-corrected chi connectivity index (χ0v) is 8.51. The first kappa shape index (κ1) is 11.0. The standard InChI is InChI=1S/C12H10F3N/c13-9-2-1-8(11(15)3-9)4-12(7-16)5-10(14)6-12/h1-3,10H,4-6H2. The Hall–Kier alpha value is -1.50. The zero-order chi connectivity index (χ0) is 11.8. The summed E-state index contributed by atoms with van der Waals surface area (Å²) in [6, 6.07) is 5.28. The fourth-order valence-electron chi connectivity index (χ4n) is 2.09. The normalized spacial score (nSPS) is 28.2. The quantitative estimate of drug-likeness (QED) is 0.758. The highest BCUT2D eigenvalue weighted by molar-refractivity contribution is 5.24. The molecule has 0 heterocycles. The smallest absolute Gasteiger partial charge is 0.129 e. The Morgan fingerprint density at radius 1 is 1.38 bits per heavy atom. The molecule has 2 rings (SSSR count). The van der Waals surface area contributed by atoms with Crippen molar-refractivity contribution in [3.8, 4) is 6.07 Å². The molecule has 16 heavy (non-hydrogen) atoms. The highest BCUT2D eigenvalue weighted by atomic mass is 19.1. The van der Waals surface area contributed by atoms with Crippen LogP contribution in [0, 0.1) is 28.4 Å². The maximum absolute atomic E-state index is 13.3. The van der Waals surface area contributed by atoms with Crippen LogP contribution in [-0.4, -0.2) is 6.17 Å². The van der Waals surface area contributed by atoms with Crippen molar-refractivity contribution in [2.24, 2.45) is 5.41 Å². The summed E-state index contributed by atoms with van der Waals surface area (Å²) >= 11 is 0. The molecule has 1 aliphatic carbocycles. The number of hydrogen-bond donors (Lipinski definition) is 0. The predicted molar refractivity (Wildman–Crippen MR) is 52.2 cm³/mol. The number of nitriles is 1. The van der Waals surface area contributed by atoms with Crippen molar-refractivity contribution in [1.29, 1.82) is 5.26 Å². The molecule has 0 spiro atoms. The Bertz CT molecular complexity index is 444. The first-order valence-corrected chi connectivity index (χ1v) is 5.04. The fourth-order valence-corrected chi connectivity index (χ4v) is 2.09. The van der Waals surface area contributed by atoms with Crippen LogP contribution in [-0.2, 0) is 6.42 Å². The van der Waals surface area contributed by atoms with Crippen LogP contribution in [0.5, 0.6) is 0 Å². The molecule has 1 aromatic rings. The van der Waals surface area contributed by atoms with E-state index >= 15 is 0 Å². The fraction of sp³-hybridized carbons (Fsp3) is 0.417. The minimum absolute atomic E-state index is 0.139. The van der Waals surface area contributed by atoms with Crippen LogP contribution in [0.4, 0.5) is 13.2 Å². The van der Waals surface area contributed by atoms with Gasteiger partial charge in [-0.25, -0.2) is 13.2 Å². The molecule has 0 bridgehead atoms. The Kier molecular flexibility index (Phi) is 2.63. The van der Waals surface area contributed by atoms with Gasteiger partial charge < -0.3 is 0 Å². The molecule has 1 fully saturated rings. The second-order valence-electron chi connectivity index (χ2n) is 4.31. The summed E-state index contributed by atoms with van der Waals surface area (Å²) in [5.74, 6) is -1.32. The number of hydrogen-bond acceptors (Lipinski definition) is 1. The van der Waals surface area contributed by atoms with Gasteiger partial charge in [-0.3, -0.25) is 0 Å². The van der Waals surface area contributed by atoms with Gasteiger partial charge in [0, 0.05) is 6.07 Å². The van der Waals surface area contributed by atoms with E-state index in [0.29, 0.717) is 0 Å². The van der Waals surface area contributed by atoms with Gasteiger partial charge in [0.15, 0.2) is 0 Å². The lowest BCUT2D eigenvalue weighted by Crippen LogP contribution is -2.39. The third-order valence-electron chi connectivity index (χ3n) is 3.01. The van der Waals surface area contributed by atoms with Crippen LogP contribution >= 0.6 is 0 Å². The van der Waals surface area contributed by atoms with Crippen molar-refractivity contribution in [1.82, 2.24) is 0 Å². The minimum atomic E-state index is -0.969. The van der Waals surface area contributed by atoms with E-state index in [1.54, 1.807) is 0 Å². The van der Waals surface area contributed by atoms with Crippen molar-refractivity contribution >= 4 is 0 Å². The zero-order valence-electron chi connectivity index (χ0n) is 8.51. The molecule has 0 radical (unpaired) electrons. The average molecular weight is 225 g/mol. The number of halogens is 3. The Balaban J connectivity index is 2.18. The molecule has 0 unspecified atom stereocenters. The largest absolute Gasteiger partial charge is 0.247 e. The first-order chi connectivity index (χ1) is 7.54. The van der Waals surface area contributed by atoms with Gasteiger partial charge >= 0.3 is 0 Å². The molecule has 0 aliphatic heterocycles. The van der Waals surface area contributed by atoms with Crippen LogP contribution in [0.3, 0.4) is 0 Å². The lowest BCUT2D eigenvalue weighted by atomic mass is 9.65. The molecule has 0 amide bonds. The maximum Gasteiger partial charge on any atom is 0.129 e. The Morgan fingerprint density at radius 3 is 2.56 bits per heavy atom. The van der Waals surface area contributed by atoms with E-state index in [2.05, 4.69) is 0 Å². The van der Waals surface area contributed by atoms with Crippen molar-refractivity contribution < 1.29 is 13.2 Å². The summed E-state index contributed by atoms with van der Waals surface area (Å²) in [5, 5.41) is 8.95. The number of alkyl halides is 1. The van der Waals surface area contributed by atoms with Crippen LogP contribution in [0.2, 0.25) is 0 Å². The third kappa shape index (κ3) is 1.90. The van der Waals surface area contributed by atoms with Gasteiger partial charge in [-0.05, 0) is 30.9 Å². The van der Waals surface area contributed by atoms with Gasteiger partial charge in [0.2, 0.25) is 0 Å². The third-order valence-corrected chi connectivity index (χ3v) is 3.01. The lowest BCUT2D eigenvalue weighted by molar-refractivity contribution is 0.0738. The minimum Gasteiger partial charge on any atom is -0.247 e. The summed E-state index contributed by atoms with van der Waals surface area (Å²) < 4.78 is 38.7. The molecular weight excluding hydrogens is 215 g/mol. The Morgan fingerprint density at radius 2 is 2.06 bits per heavy atom. The van der Waals surface area contributed by atoms with Crippen LogP contribution in [0.1, 0.15) is 18.4 Å². The summed E-state index contributed by atoms with van der Waals surface area (Å²) in [6.45, 7) is 0. The van der Waals surface area contributed by atoms with Gasteiger partial charge in [0.1, 0.15) is 17.8 Å². The second-order valence-corrected chi connectivity index (χ2v) is 4.31. The van der Waals surface area contributed by atoms with Crippen LogP contribution < -0.4 is 0 Å².